The fourth-order valence-corrected chi connectivity index (χ4v) is 3.93. The molecule has 1 atom stereocenters. The fourth-order valence-electron chi connectivity index (χ4n) is 2.60. The van der Waals surface area contributed by atoms with E-state index in [1.165, 1.54) is 11.3 Å². The molecule has 4 rings (SSSR count). The van der Waals surface area contributed by atoms with Crippen LogP contribution < -0.4 is 11.1 Å². The number of benzene rings is 1. The molecule has 6 nitrogen and oxygen atoms in total. The first-order valence-electron chi connectivity index (χ1n) is 7.73. The van der Waals surface area contributed by atoms with Crippen LogP contribution in [0.4, 0.5) is 5.82 Å². The number of ether oxygens (including phenoxy) is 1. The van der Waals surface area contributed by atoms with Crippen molar-refractivity contribution >= 4 is 44.7 Å². The van der Waals surface area contributed by atoms with Crippen molar-refractivity contribution in [3.63, 3.8) is 0 Å². The summed E-state index contributed by atoms with van der Waals surface area (Å²) in [6.07, 6.45) is 6.73. The standard InChI is InChI=1S/C18H13ClN4O2S/c19-11-5-3-4-10(8-11)13-9-12-16(26-13)15(17(20)24)22-23-18(12)21-14-6-1-2-7-25-14/h1-9,14H,(H2,20,24)(H,21,23). The normalized spacial score (nSPS) is 15.8. The van der Waals surface area contributed by atoms with Gasteiger partial charge >= 0.3 is 0 Å². The summed E-state index contributed by atoms with van der Waals surface area (Å²) in [5.74, 6) is -0.107. The third-order valence-electron chi connectivity index (χ3n) is 3.77. The number of allylic oxidation sites excluding steroid dienone is 2. The van der Waals surface area contributed by atoms with E-state index in [0.29, 0.717) is 15.5 Å². The Bertz CT molecular complexity index is 1060. The van der Waals surface area contributed by atoms with Crippen LogP contribution in [0.15, 0.2) is 54.8 Å². The molecular weight excluding hydrogens is 372 g/mol. The monoisotopic (exact) mass is 384 g/mol. The molecule has 0 radical (unpaired) electrons. The predicted octanol–water partition coefficient (Wildman–Crippen LogP) is 3.95. The van der Waals surface area contributed by atoms with Crippen molar-refractivity contribution in [3.8, 4) is 10.4 Å². The molecule has 130 valence electrons. The number of primary amides is 1. The van der Waals surface area contributed by atoms with Crippen LogP contribution in [0.25, 0.3) is 20.5 Å². The van der Waals surface area contributed by atoms with Gasteiger partial charge in [-0.1, -0.05) is 29.8 Å². The number of fused-ring (bicyclic) bond motifs is 1. The number of anilines is 1. The van der Waals surface area contributed by atoms with E-state index in [4.69, 9.17) is 22.1 Å². The molecule has 3 aromatic rings. The molecule has 1 amide bonds. The van der Waals surface area contributed by atoms with Crippen molar-refractivity contribution in [1.29, 1.82) is 0 Å². The summed E-state index contributed by atoms with van der Waals surface area (Å²) in [7, 11) is 0. The summed E-state index contributed by atoms with van der Waals surface area (Å²) in [5.41, 5.74) is 6.55. The molecule has 0 saturated heterocycles. The molecule has 26 heavy (non-hydrogen) atoms. The third kappa shape index (κ3) is 3.14. The summed E-state index contributed by atoms with van der Waals surface area (Å²) in [5, 5.41) is 12.7. The lowest BCUT2D eigenvalue weighted by Crippen LogP contribution is -2.21. The minimum Gasteiger partial charge on any atom is -0.475 e. The number of rotatable bonds is 4. The number of aromatic nitrogens is 2. The van der Waals surface area contributed by atoms with Crippen molar-refractivity contribution in [3.05, 3.63) is 65.5 Å². The Labute approximate surface area is 157 Å². The fraction of sp³-hybridized carbons (Fsp3) is 0.0556. The summed E-state index contributed by atoms with van der Waals surface area (Å²) in [6, 6.07) is 9.44. The summed E-state index contributed by atoms with van der Waals surface area (Å²) >= 11 is 7.51. The van der Waals surface area contributed by atoms with E-state index in [2.05, 4.69) is 15.5 Å². The molecule has 0 saturated carbocycles. The molecular formula is C18H13ClN4O2S. The predicted molar refractivity (Wildman–Crippen MR) is 103 cm³/mol. The second-order valence-corrected chi connectivity index (χ2v) is 7.03. The van der Waals surface area contributed by atoms with Crippen LogP contribution in [-0.4, -0.2) is 22.3 Å². The van der Waals surface area contributed by atoms with Crippen molar-refractivity contribution in [1.82, 2.24) is 10.2 Å². The number of carbonyl (C=O) groups is 1. The number of amides is 1. The lowest BCUT2D eigenvalue weighted by molar-refractivity contribution is 0.0996. The topological polar surface area (TPSA) is 90.1 Å². The largest absolute Gasteiger partial charge is 0.475 e. The van der Waals surface area contributed by atoms with E-state index in [1.54, 1.807) is 12.3 Å². The smallest absolute Gasteiger partial charge is 0.270 e. The van der Waals surface area contributed by atoms with Gasteiger partial charge in [-0.05, 0) is 35.9 Å². The highest BCUT2D eigenvalue weighted by molar-refractivity contribution is 7.22. The zero-order chi connectivity index (χ0) is 18.1. The maximum Gasteiger partial charge on any atom is 0.270 e. The number of nitrogens with two attached hydrogens (primary N) is 1. The van der Waals surface area contributed by atoms with Crippen LogP contribution in [0.1, 0.15) is 10.5 Å². The second-order valence-electron chi connectivity index (χ2n) is 5.54. The van der Waals surface area contributed by atoms with Crippen LogP contribution in [0.5, 0.6) is 0 Å². The van der Waals surface area contributed by atoms with Crippen molar-refractivity contribution in [2.45, 2.75) is 6.23 Å². The van der Waals surface area contributed by atoms with E-state index in [-0.39, 0.29) is 11.9 Å². The molecule has 1 aliphatic heterocycles. The van der Waals surface area contributed by atoms with Crippen LogP contribution in [0, 0.1) is 0 Å². The van der Waals surface area contributed by atoms with E-state index < -0.39 is 5.91 Å². The van der Waals surface area contributed by atoms with Gasteiger partial charge in [0, 0.05) is 15.3 Å². The van der Waals surface area contributed by atoms with Crippen LogP contribution in [0.2, 0.25) is 5.02 Å². The minimum absolute atomic E-state index is 0.142. The van der Waals surface area contributed by atoms with E-state index in [9.17, 15) is 4.79 Å². The van der Waals surface area contributed by atoms with Crippen molar-refractivity contribution in [2.75, 3.05) is 5.32 Å². The number of nitrogens with zero attached hydrogens (tertiary/aromatic N) is 2. The average molecular weight is 385 g/mol. The molecule has 0 spiro atoms. The maximum absolute atomic E-state index is 11.8. The van der Waals surface area contributed by atoms with Crippen molar-refractivity contribution < 1.29 is 9.53 Å². The van der Waals surface area contributed by atoms with Gasteiger partial charge < -0.3 is 15.8 Å². The number of halogens is 1. The third-order valence-corrected chi connectivity index (χ3v) is 5.20. The lowest BCUT2D eigenvalue weighted by atomic mass is 10.1. The van der Waals surface area contributed by atoms with Gasteiger partial charge in [0.25, 0.3) is 5.91 Å². The van der Waals surface area contributed by atoms with Gasteiger partial charge in [-0.15, -0.1) is 21.5 Å². The van der Waals surface area contributed by atoms with E-state index in [0.717, 1.165) is 15.8 Å². The summed E-state index contributed by atoms with van der Waals surface area (Å²) < 4.78 is 6.13. The second kappa shape index (κ2) is 6.78. The Morgan fingerprint density at radius 3 is 2.88 bits per heavy atom. The number of thiophene rings is 1. The number of carbonyl (C=O) groups excluding carboxylic acids is 1. The SMILES string of the molecule is NC(=O)c1nnc(NC2C=CC=CO2)c2cc(-c3cccc(Cl)c3)sc12. The molecule has 2 aromatic heterocycles. The average Bonchev–Trinajstić information content (AvgIpc) is 3.08. The van der Waals surface area contributed by atoms with E-state index >= 15 is 0 Å². The van der Waals surface area contributed by atoms with Gasteiger partial charge in [0.1, 0.15) is 0 Å². The first kappa shape index (κ1) is 16.6. The van der Waals surface area contributed by atoms with Gasteiger partial charge in [0.15, 0.2) is 17.7 Å². The molecule has 0 fully saturated rings. The molecule has 1 aromatic carbocycles. The van der Waals surface area contributed by atoms with Gasteiger partial charge in [0.2, 0.25) is 0 Å². The molecule has 0 aliphatic carbocycles. The van der Waals surface area contributed by atoms with Gasteiger partial charge in [-0.2, -0.15) is 0 Å². The quantitative estimate of drug-likeness (QED) is 0.710. The number of hydrogen-bond donors (Lipinski definition) is 2. The highest BCUT2D eigenvalue weighted by Gasteiger charge is 2.19. The van der Waals surface area contributed by atoms with Gasteiger partial charge in [-0.25, -0.2) is 0 Å². The Morgan fingerprint density at radius 1 is 1.27 bits per heavy atom. The van der Waals surface area contributed by atoms with E-state index in [1.807, 2.05) is 42.5 Å². The lowest BCUT2D eigenvalue weighted by Gasteiger charge is -2.17. The highest BCUT2D eigenvalue weighted by Crippen LogP contribution is 2.38. The molecule has 3 N–H and O–H groups in total. The zero-order valence-corrected chi connectivity index (χ0v) is 14.9. The minimum atomic E-state index is -0.620. The Kier molecular flexibility index (Phi) is 4.32. The summed E-state index contributed by atoms with van der Waals surface area (Å²) in [6.45, 7) is 0. The highest BCUT2D eigenvalue weighted by atomic mass is 35.5. The van der Waals surface area contributed by atoms with Crippen LogP contribution >= 0.6 is 22.9 Å². The van der Waals surface area contributed by atoms with Crippen LogP contribution in [0.3, 0.4) is 0 Å². The van der Waals surface area contributed by atoms with Crippen LogP contribution in [-0.2, 0) is 4.74 Å². The first-order valence-corrected chi connectivity index (χ1v) is 8.92. The molecule has 8 heteroatoms. The Balaban J connectivity index is 1.83. The molecule has 1 unspecified atom stereocenters. The number of nitrogens with one attached hydrogen (secondary N) is 1. The molecule has 0 bridgehead atoms. The zero-order valence-electron chi connectivity index (χ0n) is 13.3. The van der Waals surface area contributed by atoms with Gasteiger partial charge in [0.05, 0.1) is 11.0 Å². The van der Waals surface area contributed by atoms with Gasteiger partial charge in [-0.3, -0.25) is 4.79 Å². The Hall–Kier alpha value is -2.90. The number of hydrogen-bond acceptors (Lipinski definition) is 6. The Morgan fingerprint density at radius 2 is 2.15 bits per heavy atom. The molecule has 1 aliphatic rings. The van der Waals surface area contributed by atoms with Crippen molar-refractivity contribution in [2.24, 2.45) is 5.73 Å². The first-order chi connectivity index (χ1) is 12.6. The summed E-state index contributed by atoms with van der Waals surface area (Å²) in [4.78, 5) is 12.7. The maximum atomic E-state index is 11.8. The molecule has 3 heterocycles.